The van der Waals surface area contributed by atoms with E-state index in [0.717, 1.165) is 0 Å². The Bertz CT molecular complexity index is 409. The molecule has 0 aliphatic rings. The number of hydrogen-bond donors (Lipinski definition) is 2. The lowest BCUT2D eigenvalue weighted by molar-refractivity contribution is -0.130. The van der Waals surface area contributed by atoms with Crippen molar-refractivity contribution in [1.29, 1.82) is 0 Å². The van der Waals surface area contributed by atoms with Crippen molar-refractivity contribution in [2.45, 2.75) is 12.2 Å². The van der Waals surface area contributed by atoms with Crippen LogP contribution in [0.15, 0.2) is 24.3 Å². The van der Waals surface area contributed by atoms with Gasteiger partial charge in [-0.25, -0.2) is 0 Å². The maximum atomic E-state index is 12.0. The number of halogens is 4. The first-order valence-electron chi connectivity index (χ1n) is 4.65. The number of alkyl halides is 3. The molecular weight excluding hydrogens is 257 g/mol. The summed E-state index contributed by atoms with van der Waals surface area (Å²) in [6, 6.07) is 4.83. The van der Waals surface area contributed by atoms with Crippen molar-refractivity contribution in [2.24, 2.45) is 5.73 Å². The highest BCUT2D eigenvalue weighted by Gasteiger charge is 2.30. The lowest BCUT2D eigenvalue weighted by atomic mass is 10.1. The molecule has 3 nitrogen and oxygen atoms in total. The van der Waals surface area contributed by atoms with Crippen LogP contribution in [0.25, 0.3) is 0 Å². The van der Waals surface area contributed by atoms with Crippen molar-refractivity contribution in [3.05, 3.63) is 34.9 Å². The molecule has 0 aromatic heterocycles. The fourth-order valence-electron chi connectivity index (χ4n) is 1.29. The number of benzene rings is 1. The summed E-state index contributed by atoms with van der Waals surface area (Å²) < 4.78 is 36.1. The van der Waals surface area contributed by atoms with Gasteiger partial charge in [-0.15, -0.1) is 0 Å². The van der Waals surface area contributed by atoms with E-state index in [1.165, 1.54) is 12.1 Å². The third-order valence-corrected chi connectivity index (χ3v) is 2.35. The van der Waals surface area contributed by atoms with Crippen LogP contribution in [0.4, 0.5) is 13.2 Å². The smallest absolute Gasteiger partial charge is 0.368 e. The molecule has 0 aliphatic heterocycles. The van der Waals surface area contributed by atoms with Gasteiger partial charge >= 0.3 is 6.18 Å². The molecule has 0 bridgehead atoms. The summed E-state index contributed by atoms with van der Waals surface area (Å²) in [5.74, 6) is -0.914. The van der Waals surface area contributed by atoms with Crippen LogP contribution >= 0.6 is 11.6 Å². The minimum atomic E-state index is -4.42. The van der Waals surface area contributed by atoms with Crippen molar-refractivity contribution in [1.82, 2.24) is 5.32 Å². The molecule has 3 N–H and O–H groups in total. The molecule has 17 heavy (non-hydrogen) atoms. The zero-order valence-corrected chi connectivity index (χ0v) is 9.35. The quantitative estimate of drug-likeness (QED) is 0.876. The van der Waals surface area contributed by atoms with Crippen LogP contribution in [-0.2, 0) is 4.79 Å². The number of nitrogens with one attached hydrogen (secondary N) is 1. The predicted octanol–water partition coefficient (Wildman–Crippen LogP) is 2.02. The van der Waals surface area contributed by atoms with Crippen molar-refractivity contribution < 1.29 is 18.0 Å². The van der Waals surface area contributed by atoms with Gasteiger partial charge in [-0.2, -0.15) is 13.2 Å². The monoisotopic (exact) mass is 266 g/mol. The van der Waals surface area contributed by atoms with Gasteiger partial charge in [0.25, 0.3) is 0 Å². The Morgan fingerprint density at radius 1 is 1.41 bits per heavy atom. The van der Waals surface area contributed by atoms with E-state index in [9.17, 15) is 18.0 Å². The van der Waals surface area contributed by atoms with Crippen LogP contribution in [0.2, 0.25) is 5.02 Å². The van der Waals surface area contributed by atoms with Crippen LogP contribution in [0.1, 0.15) is 11.6 Å². The molecule has 1 aromatic carbocycles. The van der Waals surface area contributed by atoms with Crippen molar-refractivity contribution >= 4 is 17.5 Å². The first-order chi connectivity index (χ1) is 7.81. The fourth-order valence-corrected chi connectivity index (χ4v) is 1.54. The second-order valence-electron chi connectivity index (χ2n) is 3.35. The molecule has 1 aromatic rings. The molecule has 1 rings (SSSR count). The van der Waals surface area contributed by atoms with Crippen molar-refractivity contribution in [2.75, 3.05) is 6.54 Å². The number of primary amides is 1. The summed E-state index contributed by atoms with van der Waals surface area (Å²) in [6.07, 6.45) is -4.42. The van der Waals surface area contributed by atoms with E-state index < -0.39 is 24.7 Å². The van der Waals surface area contributed by atoms with Gasteiger partial charge < -0.3 is 5.73 Å². The molecule has 0 heterocycles. The fraction of sp³-hybridized carbons (Fsp3) is 0.300. The van der Waals surface area contributed by atoms with Crippen LogP contribution in [0, 0.1) is 0 Å². The molecule has 1 atom stereocenters. The van der Waals surface area contributed by atoms with Crippen LogP contribution < -0.4 is 11.1 Å². The Labute approximate surface area is 101 Å². The summed E-state index contributed by atoms with van der Waals surface area (Å²) in [7, 11) is 0. The van der Waals surface area contributed by atoms with Crippen LogP contribution in [0.3, 0.4) is 0 Å². The summed E-state index contributed by atoms with van der Waals surface area (Å²) in [5, 5.41) is 2.22. The second kappa shape index (κ2) is 5.37. The molecule has 94 valence electrons. The third-order valence-electron chi connectivity index (χ3n) is 2.01. The third kappa shape index (κ3) is 4.24. The zero-order chi connectivity index (χ0) is 13.1. The zero-order valence-electron chi connectivity index (χ0n) is 8.59. The highest BCUT2D eigenvalue weighted by atomic mass is 35.5. The van der Waals surface area contributed by atoms with E-state index in [2.05, 4.69) is 0 Å². The number of nitrogens with two attached hydrogens (primary N) is 1. The van der Waals surface area contributed by atoms with Crippen molar-refractivity contribution in [3.63, 3.8) is 0 Å². The molecule has 0 radical (unpaired) electrons. The summed E-state index contributed by atoms with van der Waals surface area (Å²) in [5.41, 5.74) is 5.27. The SMILES string of the molecule is NC(=O)C(NCC(F)(F)F)c1ccccc1Cl. The average molecular weight is 267 g/mol. The standard InChI is InChI=1S/C10H10ClF3N2O/c11-7-4-2-1-3-6(7)8(9(15)17)16-5-10(12,13)14/h1-4,8,16H,5H2,(H2,15,17). The first-order valence-corrected chi connectivity index (χ1v) is 5.03. The maximum absolute atomic E-state index is 12.0. The second-order valence-corrected chi connectivity index (χ2v) is 3.76. The van der Waals surface area contributed by atoms with Crippen LogP contribution in [0.5, 0.6) is 0 Å². The molecule has 0 saturated carbocycles. The number of amides is 1. The first kappa shape index (κ1) is 13.8. The normalized spacial score (nSPS) is 13.4. The highest BCUT2D eigenvalue weighted by molar-refractivity contribution is 6.31. The van der Waals surface area contributed by atoms with Gasteiger partial charge in [0.05, 0.1) is 6.54 Å². The van der Waals surface area contributed by atoms with E-state index in [-0.39, 0.29) is 10.6 Å². The summed E-state index contributed by atoms with van der Waals surface area (Å²) in [6.45, 7) is -1.31. The van der Waals surface area contributed by atoms with Gasteiger partial charge in [-0.05, 0) is 11.6 Å². The molecule has 0 fully saturated rings. The molecule has 1 unspecified atom stereocenters. The Hall–Kier alpha value is -1.27. The lowest BCUT2D eigenvalue weighted by Crippen LogP contribution is -2.39. The largest absolute Gasteiger partial charge is 0.401 e. The topological polar surface area (TPSA) is 55.1 Å². The minimum absolute atomic E-state index is 0.186. The van der Waals surface area contributed by atoms with E-state index in [1.807, 2.05) is 5.32 Å². The van der Waals surface area contributed by atoms with Crippen molar-refractivity contribution in [3.8, 4) is 0 Å². The van der Waals surface area contributed by atoms with Gasteiger partial charge in [0, 0.05) is 5.02 Å². The number of carbonyl (C=O) groups excluding carboxylic acids is 1. The average Bonchev–Trinajstić information content (AvgIpc) is 2.18. The van der Waals surface area contributed by atoms with Crippen LogP contribution in [-0.4, -0.2) is 18.6 Å². The minimum Gasteiger partial charge on any atom is -0.368 e. The number of hydrogen-bond acceptors (Lipinski definition) is 2. The molecule has 0 saturated heterocycles. The molecular formula is C10H10ClF3N2O. The van der Waals surface area contributed by atoms with Gasteiger partial charge in [0.15, 0.2) is 0 Å². The van der Waals surface area contributed by atoms with E-state index in [1.54, 1.807) is 12.1 Å². The van der Waals surface area contributed by atoms with E-state index in [0.29, 0.717) is 0 Å². The summed E-state index contributed by atoms with van der Waals surface area (Å²) in [4.78, 5) is 11.1. The number of carbonyl (C=O) groups is 1. The Morgan fingerprint density at radius 3 is 2.47 bits per heavy atom. The molecule has 1 amide bonds. The predicted molar refractivity (Wildman–Crippen MR) is 57.4 cm³/mol. The lowest BCUT2D eigenvalue weighted by Gasteiger charge is -2.18. The molecule has 0 spiro atoms. The van der Waals surface area contributed by atoms with E-state index >= 15 is 0 Å². The van der Waals surface area contributed by atoms with Gasteiger partial charge in [0.1, 0.15) is 6.04 Å². The van der Waals surface area contributed by atoms with E-state index in [4.69, 9.17) is 17.3 Å². The number of rotatable bonds is 4. The maximum Gasteiger partial charge on any atom is 0.401 e. The molecule has 7 heteroatoms. The van der Waals surface area contributed by atoms with Gasteiger partial charge in [-0.1, -0.05) is 29.8 Å². The summed E-state index contributed by atoms with van der Waals surface area (Å²) >= 11 is 5.78. The molecule has 0 aliphatic carbocycles. The Kier molecular flexibility index (Phi) is 4.36. The Balaban J connectivity index is 2.88. The highest BCUT2D eigenvalue weighted by Crippen LogP contribution is 2.23. The Morgan fingerprint density at radius 2 is 2.00 bits per heavy atom. The van der Waals surface area contributed by atoms with Gasteiger partial charge in [0.2, 0.25) is 5.91 Å². The van der Waals surface area contributed by atoms with Gasteiger partial charge in [-0.3, -0.25) is 10.1 Å².